The van der Waals surface area contributed by atoms with Crippen molar-refractivity contribution in [3.8, 4) is 6.07 Å². The molecule has 24 heavy (non-hydrogen) atoms. The molecule has 0 aromatic heterocycles. The molecule has 1 aliphatic rings. The molecule has 1 saturated heterocycles. The number of rotatable bonds is 4. The van der Waals surface area contributed by atoms with Crippen molar-refractivity contribution in [3.05, 3.63) is 28.8 Å². The van der Waals surface area contributed by atoms with Crippen LogP contribution in [0.4, 0.5) is 10.5 Å². The normalized spacial score (nSPS) is 14.2. The quantitative estimate of drug-likeness (QED) is 0.831. The summed E-state index contributed by atoms with van der Waals surface area (Å²) < 4.78 is 0. The van der Waals surface area contributed by atoms with Crippen molar-refractivity contribution in [1.82, 2.24) is 9.80 Å². The monoisotopic (exact) mass is 366 g/mol. The second-order valence-corrected chi connectivity index (χ2v) is 6.81. The van der Waals surface area contributed by atoms with Crippen molar-refractivity contribution >= 4 is 41.0 Å². The molecule has 1 aromatic rings. The number of carbonyl (C=O) groups is 2. The molecule has 3 amide bonds. The Morgan fingerprint density at radius 1 is 1.29 bits per heavy atom. The number of halogens is 1. The number of nitrogens with zero attached hydrogens (tertiary/aromatic N) is 3. The molecule has 1 aromatic carbocycles. The van der Waals surface area contributed by atoms with Crippen LogP contribution >= 0.6 is 23.4 Å². The minimum atomic E-state index is -0.194. The molecule has 1 aliphatic heterocycles. The summed E-state index contributed by atoms with van der Waals surface area (Å²) >= 11 is 7.37. The van der Waals surface area contributed by atoms with Gasteiger partial charge >= 0.3 is 6.03 Å². The predicted octanol–water partition coefficient (Wildman–Crippen LogP) is 2.58. The average Bonchev–Trinajstić information content (AvgIpc) is 2.58. The highest BCUT2D eigenvalue weighted by Crippen LogP contribution is 2.20. The molecule has 1 heterocycles. The highest BCUT2D eigenvalue weighted by Gasteiger charge is 2.24. The molecule has 2 rings (SSSR count). The molecule has 0 spiro atoms. The fourth-order valence-corrected chi connectivity index (χ4v) is 3.04. The fourth-order valence-electron chi connectivity index (χ4n) is 2.31. The molecule has 1 N–H and O–H groups in total. The summed E-state index contributed by atoms with van der Waals surface area (Å²) in [5.74, 6) is 0.634. The largest absolute Gasteiger partial charge is 0.338 e. The molecule has 1 fully saturated rings. The number of hydrogen-bond acceptors (Lipinski definition) is 4. The van der Waals surface area contributed by atoms with Crippen LogP contribution in [0.5, 0.6) is 0 Å². The van der Waals surface area contributed by atoms with Gasteiger partial charge in [-0.25, -0.2) is 4.79 Å². The number of nitrogens with one attached hydrogen (secondary N) is 1. The van der Waals surface area contributed by atoms with Crippen LogP contribution in [0, 0.1) is 18.3 Å². The molecule has 0 radical (unpaired) electrons. The maximum absolute atomic E-state index is 12.3. The van der Waals surface area contributed by atoms with Gasteiger partial charge in [0, 0.05) is 36.9 Å². The second kappa shape index (κ2) is 8.81. The maximum atomic E-state index is 12.3. The highest BCUT2D eigenvalue weighted by atomic mass is 35.5. The van der Waals surface area contributed by atoms with Crippen molar-refractivity contribution in [2.75, 3.05) is 43.0 Å². The molecular formula is C16H19ClN4O2S. The molecule has 8 heteroatoms. The summed E-state index contributed by atoms with van der Waals surface area (Å²) in [6.07, 6.45) is 0. The predicted molar refractivity (Wildman–Crippen MR) is 96.3 cm³/mol. The van der Waals surface area contributed by atoms with Crippen LogP contribution in [0.1, 0.15) is 5.56 Å². The highest BCUT2D eigenvalue weighted by molar-refractivity contribution is 8.00. The summed E-state index contributed by atoms with van der Waals surface area (Å²) in [7, 11) is 0. The van der Waals surface area contributed by atoms with E-state index in [1.165, 1.54) is 11.8 Å². The van der Waals surface area contributed by atoms with E-state index in [-0.39, 0.29) is 11.9 Å². The van der Waals surface area contributed by atoms with Crippen LogP contribution < -0.4 is 5.32 Å². The van der Waals surface area contributed by atoms with Crippen LogP contribution in [-0.2, 0) is 4.79 Å². The van der Waals surface area contributed by atoms with Gasteiger partial charge in [-0.1, -0.05) is 17.7 Å². The number of hydrogen-bond donors (Lipinski definition) is 1. The molecule has 0 saturated carbocycles. The van der Waals surface area contributed by atoms with E-state index in [9.17, 15) is 9.59 Å². The molecule has 0 atom stereocenters. The van der Waals surface area contributed by atoms with Crippen molar-refractivity contribution in [3.63, 3.8) is 0 Å². The summed E-state index contributed by atoms with van der Waals surface area (Å²) in [6, 6.07) is 7.20. The third kappa shape index (κ3) is 5.05. The van der Waals surface area contributed by atoms with E-state index in [2.05, 4.69) is 5.32 Å². The van der Waals surface area contributed by atoms with E-state index in [0.717, 1.165) is 5.56 Å². The Morgan fingerprint density at radius 2 is 1.96 bits per heavy atom. The Balaban J connectivity index is 1.81. The lowest BCUT2D eigenvalue weighted by Crippen LogP contribution is -2.52. The topological polar surface area (TPSA) is 76.4 Å². The van der Waals surface area contributed by atoms with Gasteiger partial charge < -0.3 is 15.1 Å². The number of benzene rings is 1. The van der Waals surface area contributed by atoms with E-state index in [1.54, 1.807) is 15.9 Å². The van der Waals surface area contributed by atoms with Gasteiger partial charge in [0.2, 0.25) is 5.91 Å². The van der Waals surface area contributed by atoms with Gasteiger partial charge in [-0.15, -0.1) is 11.8 Å². The van der Waals surface area contributed by atoms with E-state index < -0.39 is 0 Å². The number of piperazine rings is 1. The van der Waals surface area contributed by atoms with Crippen molar-refractivity contribution in [2.24, 2.45) is 0 Å². The molecule has 0 bridgehead atoms. The number of thioether (sulfide) groups is 1. The molecule has 0 unspecified atom stereocenters. The zero-order valence-electron chi connectivity index (χ0n) is 13.4. The first-order valence-electron chi connectivity index (χ1n) is 7.56. The summed E-state index contributed by atoms with van der Waals surface area (Å²) in [5.41, 5.74) is 1.61. The van der Waals surface area contributed by atoms with Crippen molar-refractivity contribution in [1.29, 1.82) is 5.26 Å². The number of nitriles is 1. The first-order chi connectivity index (χ1) is 11.5. The van der Waals surface area contributed by atoms with Gasteiger partial charge in [0.25, 0.3) is 0 Å². The van der Waals surface area contributed by atoms with Gasteiger partial charge in [-0.2, -0.15) is 5.26 Å². The molecule has 6 nitrogen and oxygen atoms in total. The lowest BCUT2D eigenvalue weighted by molar-refractivity contribution is -0.129. The zero-order valence-corrected chi connectivity index (χ0v) is 15.0. The third-order valence-electron chi connectivity index (χ3n) is 3.73. The van der Waals surface area contributed by atoms with Crippen LogP contribution in [0.2, 0.25) is 5.02 Å². The van der Waals surface area contributed by atoms with Crippen LogP contribution in [0.3, 0.4) is 0 Å². The lowest BCUT2D eigenvalue weighted by Gasteiger charge is -2.34. The Kier molecular flexibility index (Phi) is 6.76. The number of aryl methyl sites for hydroxylation is 1. The fraction of sp³-hybridized carbons (Fsp3) is 0.438. The summed E-state index contributed by atoms with van der Waals surface area (Å²) in [6.45, 7) is 3.89. The van der Waals surface area contributed by atoms with Crippen LogP contribution in [-0.4, -0.2) is 59.4 Å². The van der Waals surface area contributed by atoms with Crippen LogP contribution in [0.15, 0.2) is 18.2 Å². The van der Waals surface area contributed by atoms with E-state index in [1.807, 2.05) is 25.1 Å². The number of urea groups is 1. The lowest BCUT2D eigenvalue weighted by atomic mass is 10.2. The Bertz CT molecular complexity index is 654. The van der Waals surface area contributed by atoms with E-state index in [0.29, 0.717) is 48.4 Å². The number of anilines is 1. The molecule has 0 aliphatic carbocycles. The Labute approximate surface area is 150 Å². The van der Waals surface area contributed by atoms with Gasteiger partial charge in [-0.05, 0) is 24.6 Å². The average molecular weight is 367 g/mol. The molecular weight excluding hydrogens is 348 g/mol. The zero-order chi connectivity index (χ0) is 17.5. The summed E-state index contributed by atoms with van der Waals surface area (Å²) in [5, 5.41) is 11.9. The van der Waals surface area contributed by atoms with E-state index >= 15 is 0 Å². The SMILES string of the molecule is Cc1ccc(NC(=O)N2CCN(C(=O)CSCC#N)CC2)cc1Cl. The second-order valence-electron chi connectivity index (χ2n) is 5.41. The first-order valence-corrected chi connectivity index (χ1v) is 9.09. The van der Waals surface area contributed by atoms with E-state index in [4.69, 9.17) is 16.9 Å². The van der Waals surface area contributed by atoms with Crippen molar-refractivity contribution in [2.45, 2.75) is 6.92 Å². The van der Waals surface area contributed by atoms with Gasteiger partial charge in [0.15, 0.2) is 0 Å². The Morgan fingerprint density at radius 3 is 2.58 bits per heavy atom. The van der Waals surface area contributed by atoms with Gasteiger partial charge in [0.05, 0.1) is 17.6 Å². The van der Waals surface area contributed by atoms with Crippen molar-refractivity contribution < 1.29 is 9.59 Å². The maximum Gasteiger partial charge on any atom is 0.321 e. The minimum absolute atomic E-state index is 0.0145. The van der Waals surface area contributed by atoms with Gasteiger partial charge in [-0.3, -0.25) is 4.79 Å². The summed E-state index contributed by atoms with van der Waals surface area (Å²) in [4.78, 5) is 27.7. The van der Waals surface area contributed by atoms with Gasteiger partial charge in [0.1, 0.15) is 0 Å². The third-order valence-corrected chi connectivity index (χ3v) is 4.93. The molecule has 128 valence electrons. The Hall–Kier alpha value is -1.91. The standard InChI is InChI=1S/C16H19ClN4O2S/c1-12-2-3-13(10-14(12)17)19-16(23)21-7-5-20(6-8-21)15(22)11-24-9-4-18/h2-3,10H,5-9,11H2,1H3,(H,19,23). The smallest absolute Gasteiger partial charge is 0.321 e. The first kappa shape index (κ1) is 18.4. The van der Waals surface area contributed by atoms with Crippen LogP contribution in [0.25, 0.3) is 0 Å². The minimum Gasteiger partial charge on any atom is -0.338 e. The number of carbonyl (C=O) groups excluding carboxylic acids is 2. The number of amides is 3.